The van der Waals surface area contributed by atoms with Crippen molar-refractivity contribution in [3.8, 4) is 0 Å². The first-order valence-electron chi connectivity index (χ1n) is 7.72. The Balaban J connectivity index is 1.72. The van der Waals surface area contributed by atoms with E-state index >= 15 is 0 Å². The van der Waals surface area contributed by atoms with Gasteiger partial charge in [-0.15, -0.1) is 0 Å². The minimum absolute atomic E-state index is 0.0214. The number of carbonyl (C=O) groups excluding carboxylic acids is 1. The van der Waals surface area contributed by atoms with Gasteiger partial charge in [0.2, 0.25) is 10.0 Å². The number of fused-ring (bicyclic) bond motifs is 1. The number of anilines is 1. The lowest BCUT2D eigenvalue weighted by Gasteiger charge is -2.47. The van der Waals surface area contributed by atoms with Gasteiger partial charge in [0.1, 0.15) is 0 Å². The van der Waals surface area contributed by atoms with Crippen molar-refractivity contribution in [2.24, 2.45) is 17.6 Å². The summed E-state index contributed by atoms with van der Waals surface area (Å²) in [6.07, 6.45) is 0.916. The highest BCUT2D eigenvalue weighted by Crippen LogP contribution is 2.44. The van der Waals surface area contributed by atoms with Gasteiger partial charge < -0.3 is 20.5 Å². The van der Waals surface area contributed by atoms with Gasteiger partial charge in [0.15, 0.2) is 0 Å². The maximum Gasteiger partial charge on any atom is 0.316 e. The Hall–Kier alpha value is -1.68. The number of hydrogen-bond donors (Lipinski definition) is 3. The third-order valence-electron chi connectivity index (χ3n) is 4.61. The number of rotatable bonds is 6. The van der Waals surface area contributed by atoms with Gasteiger partial charge in [0.25, 0.3) is 0 Å². The number of ether oxygens (including phenoxy) is 2. The molecule has 0 spiro atoms. The van der Waals surface area contributed by atoms with Crippen LogP contribution in [0.1, 0.15) is 6.42 Å². The van der Waals surface area contributed by atoms with E-state index in [0.717, 1.165) is 6.42 Å². The summed E-state index contributed by atoms with van der Waals surface area (Å²) in [6.45, 7) is 1.11. The molecule has 1 heterocycles. The minimum Gasteiger partial charge on any atom is -0.384 e. The van der Waals surface area contributed by atoms with Crippen molar-refractivity contribution in [3.05, 3.63) is 24.3 Å². The van der Waals surface area contributed by atoms with Crippen molar-refractivity contribution in [3.63, 3.8) is 0 Å². The topological polar surface area (TPSA) is 120 Å². The lowest BCUT2D eigenvalue weighted by molar-refractivity contribution is -0.0775. The van der Waals surface area contributed by atoms with E-state index < -0.39 is 16.1 Å². The van der Waals surface area contributed by atoms with Crippen molar-refractivity contribution >= 4 is 21.7 Å². The van der Waals surface area contributed by atoms with Gasteiger partial charge in [-0.25, -0.2) is 17.9 Å². The number of benzene rings is 1. The fourth-order valence-electron chi connectivity index (χ4n) is 3.50. The molecule has 2 aliphatic rings. The first kappa shape index (κ1) is 17.2. The number of methoxy groups -OCH3 is 1. The Morgan fingerprint density at radius 2 is 2.08 bits per heavy atom. The first-order chi connectivity index (χ1) is 11.4. The lowest BCUT2D eigenvalue weighted by Crippen LogP contribution is -2.62. The maximum atomic E-state index is 12.6. The smallest absolute Gasteiger partial charge is 0.316 e. The van der Waals surface area contributed by atoms with Crippen LogP contribution in [0.25, 0.3) is 0 Å². The Labute approximate surface area is 140 Å². The summed E-state index contributed by atoms with van der Waals surface area (Å²) >= 11 is 0. The standard InChI is InChI=1S/C15H21N3O5S/c1-22-8-12-13(11-6-7-23-14(11)12)18-24(20,21)10-4-2-9(3-5-10)17-15(16)19/h2-5,11-14,18H,6-8H2,1H3,(H3,16,17,19)/t11-,12+,13+,14-/m0/s1. The number of hydrogen-bond acceptors (Lipinski definition) is 5. The highest BCUT2D eigenvalue weighted by Gasteiger charge is 2.54. The van der Waals surface area contributed by atoms with Crippen LogP contribution < -0.4 is 15.8 Å². The molecule has 1 aromatic carbocycles. The molecule has 3 rings (SSSR count). The maximum absolute atomic E-state index is 12.6. The van der Waals surface area contributed by atoms with Gasteiger partial charge >= 0.3 is 6.03 Å². The van der Waals surface area contributed by atoms with Gasteiger partial charge in [0.05, 0.1) is 17.6 Å². The van der Waals surface area contributed by atoms with Crippen molar-refractivity contribution in [1.29, 1.82) is 0 Å². The number of amides is 2. The van der Waals surface area contributed by atoms with Gasteiger partial charge in [-0.1, -0.05) is 0 Å². The number of nitrogens with two attached hydrogens (primary N) is 1. The molecule has 0 radical (unpaired) electrons. The normalized spacial score (nSPS) is 28.9. The number of sulfonamides is 1. The predicted octanol–water partition coefficient (Wildman–Crippen LogP) is 0.505. The molecular weight excluding hydrogens is 334 g/mol. The molecule has 2 fully saturated rings. The van der Waals surface area contributed by atoms with Crippen LogP contribution in [-0.4, -0.2) is 46.9 Å². The first-order valence-corrected chi connectivity index (χ1v) is 9.20. The Morgan fingerprint density at radius 3 is 2.71 bits per heavy atom. The van der Waals surface area contributed by atoms with Crippen LogP contribution in [0.2, 0.25) is 0 Å². The molecule has 1 aromatic rings. The summed E-state index contributed by atoms with van der Waals surface area (Å²) in [7, 11) is -2.07. The summed E-state index contributed by atoms with van der Waals surface area (Å²) < 4.78 is 38.8. The highest BCUT2D eigenvalue weighted by molar-refractivity contribution is 7.89. The SMILES string of the molecule is COC[C@@H]1[C@H](NS(=O)(=O)c2ccc(NC(N)=O)cc2)[C@@H]2CCO[C@H]12. The zero-order valence-electron chi connectivity index (χ0n) is 13.3. The van der Waals surface area contributed by atoms with Crippen molar-refractivity contribution in [2.75, 3.05) is 25.6 Å². The molecule has 0 bridgehead atoms. The third kappa shape index (κ3) is 3.25. The van der Waals surface area contributed by atoms with E-state index in [1.165, 1.54) is 24.3 Å². The molecule has 1 aliphatic heterocycles. The average molecular weight is 355 g/mol. The van der Waals surface area contributed by atoms with E-state index in [2.05, 4.69) is 10.0 Å². The van der Waals surface area contributed by atoms with Crippen LogP contribution >= 0.6 is 0 Å². The number of nitrogens with one attached hydrogen (secondary N) is 2. The van der Waals surface area contributed by atoms with Crippen molar-refractivity contribution in [2.45, 2.75) is 23.5 Å². The molecule has 0 aromatic heterocycles. The number of primary amides is 1. The Kier molecular flexibility index (Phi) is 4.77. The van der Waals surface area contributed by atoms with Crippen LogP contribution in [0.5, 0.6) is 0 Å². The molecule has 4 atom stereocenters. The zero-order valence-corrected chi connectivity index (χ0v) is 14.1. The molecule has 0 unspecified atom stereocenters. The van der Waals surface area contributed by atoms with E-state index in [1.54, 1.807) is 7.11 Å². The summed E-state index contributed by atoms with van der Waals surface area (Å²) in [4.78, 5) is 10.9. The summed E-state index contributed by atoms with van der Waals surface area (Å²) in [5.41, 5.74) is 5.47. The second kappa shape index (κ2) is 6.67. The van der Waals surface area contributed by atoms with E-state index in [-0.39, 0.29) is 28.9 Å². The van der Waals surface area contributed by atoms with Gasteiger partial charge in [-0.3, -0.25) is 0 Å². The second-order valence-corrected chi connectivity index (χ2v) is 7.78. The molecule has 8 nitrogen and oxygen atoms in total. The van der Waals surface area contributed by atoms with E-state index in [0.29, 0.717) is 18.9 Å². The fraction of sp³-hybridized carbons (Fsp3) is 0.533. The number of carbonyl (C=O) groups is 1. The summed E-state index contributed by atoms with van der Waals surface area (Å²) in [6, 6.07) is 4.96. The summed E-state index contributed by atoms with van der Waals surface area (Å²) in [5.74, 6) is 0.212. The molecule has 9 heteroatoms. The quantitative estimate of drug-likeness (QED) is 0.687. The molecule has 4 N–H and O–H groups in total. The highest BCUT2D eigenvalue weighted by atomic mass is 32.2. The third-order valence-corrected chi connectivity index (χ3v) is 6.09. The molecule has 24 heavy (non-hydrogen) atoms. The molecular formula is C15H21N3O5S. The van der Waals surface area contributed by atoms with E-state index in [9.17, 15) is 13.2 Å². The lowest BCUT2D eigenvalue weighted by atomic mass is 9.68. The van der Waals surface area contributed by atoms with Crippen molar-refractivity contribution in [1.82, 2.24) is 4.72 Å². The van der Waals surface area contributed by atoms with Gasteiger partial charge in [-0.2, -0.15) is 0 Å². The van der Waals surface area contributed by atoms with Crippen LogP contribution in [0, 0.1) is 11.8 Å². The largest absolute Gasteiger partial charge is 0.384 e. The Bertz CT molecular complexity index is 706. The van der Waals surface area contributed by atoms with Crippen LogP contribution in [0.3, 0.4) is 0 Å². The zero-order chi connectivity index (χ0) is 17.3. The monoisotopic (exact) mass is 355 g/mol. The van der Waals surface area contributed by atoms with Gasteiger partial charge in [0, 0.05) is 37.3 Å². The molecule has 2 amide bonds. The second-order valence-electron chi connectivity index (χ2n) is 6.07. The molecule has 132 valence electrons. The van der Waals surface area contributed by atoms with Gasteiger partial charge in [-0.05, 0) is 30.7 Å². The van der Waals surface area contributed by atoms with E-state index in [1.807, 2.05) is 0 Å². The number of urea groups is 1. The fourth-order valence-corrected chi connectivity index (χ4v) is 4.84. The molecule has 1 aliphatic carbocycles. The van der Waals surface area contributed by atoms with E-state index in [4.69, 9.17) is 15.2 Å². The average Bonchev–Trinajstić information content (AvgIpc) is 2.95. The predicted molar refractivity (Wildman–Crippen MR) is 87.0 cm³/mol. The van der Waals surface area contributed by atoms with Crippen LogP contribution in [-0.2, 0) is 19.5 Å². The van der Waals surface area contributed by atoms with Crippen molar-refractivity contribution < 1.29 is 22.7 Å². The van der Waals surface area contributed by atoms with Crippen LogP contribution in [0.4, 0.5) is 10.5 Å². The molecule has 1 saturated carbocycles. The Morgan fingerprint density at radius 1 is 1.38 bits per heavy atom. The minimum atomic E-state index is -3.66. The van der Waals surface area contributed by atoms with Crippen LogP contribution in [0.15, 0.2) is 29.2 Å². The molecule has 1 saturated heterocycles. The summed E-state index contributed by atoms with van der Waals surface area (Å²) in [5, 5.41) is 2.39.